The lowest BCUT2D eigenvalue weighted by Crippen LogP contribution is -2.36. The van der Waals surface area contributed by atoms with Crippen LogP contribution in [0.4, 0.5) is 0 Å². The van der Waals surface area contributed by atoms with Crippen LogP contribution in [0.3, 0.4) is 0 Å². The fraction of sp³-hybridized carbons (Fsp3) is 0.235. The molecule has 1 amide bonds. The van der Waals surface area contributed by atoms with E-state index in [-0.39, 0.29) is 18.0 Å². The van der Waals surface area contributed by atoms with E-state index in [2.05, 4.69) is 20.4 Å². The summed E-state index contributed by atoms with van der Waals surface area (Å²) in [6, 6.07) is 8.00. The number of rotatable bonds is 5. The van der Waals surface area contributed by atoms with Crippen molar-refractivity contribution < 1.29 is 4.79 Å². The fourth-order valence-electron chi connectivity index (χ4n) is 2.30. The Balaban J connectivity index is 1.75. The average Bonchev–Trinajstić information content (AvgIpc) is 3.14. The van der Waals surface area contributed by atoms with Gasteiger partial charge in [0.05, 0.1) is 17.1 Å². The second-order valence-corrected chi connectivity index (χ2v) is 6.47. The highest BCUT2D eigenvalue weighted by molar-refractivity contribution is 7.13. The molecule has 3 rings (SSSR count). The maximum atomic E-state index is 12.4. The molecule has 0 radical (unpaired) electrons. The highest BCUT2D eigenvalue weighted by atomic mass is 32.1. The average molecular weight is 355 g/mol. The first-order valence-corrected chi connectivity index (χ1v) is 8.61. The van der Waals surface area contributed by atoms with Crippen molar-refractivity contribution >= 4 is 17.2 Å². The summed E-state index contributed by atoms with van der Waals surface area (Å²) in [5.74, 6) is -0.297. The maximum Gasteiger partial charge on any atom is 0.267 e. The van der Waals surface area contributed by atoms with E-state index in [1.54, 1.807) is 19.1 Å². The van der Waals surface area contributed by atoms with E-state index in [4.69, 9.17) is 0 Å². The Morgan fingerprint density at radius 3 is 2.88 bits per heavy atom. The minimum atomic E-state index is -0.727. The summed E-state index contributed by atoms with van der Waals surface area (Å²) in [4.78, 5) is 33.6. The summed E-state index contributed by atoms with van der Waals surface area (Å²) >= 11 is 1.53. The maximum absolute atomic E-state index is 12.4. The first-order chi connectivity index (χ1) is 12.0. The van der Waals surface area contributed by atoms with Crippen LogP contribution in [0.1, 0.15) is 24.4 Å². The molecule has 7 nitrogen and oxygen atoms in total. The number of amides is 1. The highest BCUT2D eigenvalue weighted by Crippen LogP contribution is 2.21. The fourth-order valence-corrected chi connectivity index (χ4v) is 2.99. The molecule has 0 aliphatic carbocycles. The van der Waals surface area contributed by atoms with Gasteiger partial charge in [-0.05, 0) is 37.4 Å². The predicted octanol–water partition coefficient (Wildman–Crippen LogP) is 1.95. The highest BCUT2D eigenvalue weighted by Gasteiger charge is 2.18. The standard InChI is InChI=1S/C17H17N5O2S/c1-11-8-13(20-10-19-11)9-18-17(24)12(2)22-16(23)6-5-14(21-22)15-4-3-7-25-15/h3-8,10,12H,9H2,1-2H3,(H,18,24). The number of nitrogens with one attached hydrogen (secondary N) is 1. The van der Waals surface area contributed by atoms with Crippen LogP contribution in [0.15, 0.2) is 46.8 Å². The minimum absolute atomic E-state index is 0.270. The summed E-state index contributed by atoms with van der Waals surface area (Å²) < 4.78 is 1.20. The number of aryl methyl sites for hydroxylation is 1. The van der Waals surface area contributed by atoms with Crippen LogP contribution in [0, 0.1) is 6.92 Å². The van der Waals surface area contributed by atoms with Crippen molar-refractivity contribution in [3.63, 3.8) is 0 Å². The lowest BCUT2D eigenvalue weighted by atomic mass is 10.2. The third-order valence-electron chi connectivity index (χ3n) is 3.65. The van der Waals surface area contributed by atoms with Crippen molar-refractivity contribution in [3.8, 4) is 10.6 Å². The van der Waals surface area contributed by atoms with Crippen molar-refractivity contribution in [2.24, 2.45) is 0 Å². The van der Waals surface area contributed by atoms with Gasteiger partial charge in [-0.2, -0.15) is 5.10 Å². The van der Waals surface area contributed by atoms with Gasteiger partial charge in [0.1, 0.15) is 18.1 Å². The van der Waals surface area contributed by atoms with Gasteiger partial charge in [-0.1, -0.05) is 6.07 Å². The molecule has 1 N–H and O–H groups in total. The van der Waals surface area contributed by atoms with Gasteiger partial charge >= 0.3 is 0 Å². The molecule has 3 heterocycles. The van der Waals surface area contributed by atoms with Gasteiger partial charge in [0.15, 0.2) is 0 Å². The first kappa shape index (κ1) is 17.0. The molecule has 3 aromatic heterocycles. The zero-order valence-corrected chi connectivity index (χ0v) is 14.7. The largest absolute Gasteiger partial charge is 0.349 e. The normalized spacial score (nSPS) is 11.9. The van der Waals surface area contributed by atoms with Gasteiger partial charge in [0.25, 0.3) is 5.56 Å². The topological polar surface area (TPSA) is 89.8 Å². The second-order valence-electron chi connectivity index (χ2n) is 5.52. The summed E-state index contributed by atoms with van der Waals surface area (Å²) in [6.45, 7) is 3.77. The number of aromatic nitrogens is 4. The van der Waals surface area contributed by atoms with Crippen LogP contribution < -0.4 is 10.9 Å². The SMILES string of the molecule is Cc1cc(CNC(=O)C(C)n2nc(-c3cccs3)ccc2=O)ncn1. The van der Waals surface area contributed by atoms with Crippen LogP contribution in [-0.4, -0.2) is 25.7 Å². The number of carbonyl (C=O) groups is 1. The summed E-state index contributed by atoms with van der Waals surface area (Å²) in [5, 5.41) is 9.05. The minimum Gasteiger partial charge on any atom is -0.349 e. The predicted molar refractivity (Wildman–Crippen MR) is 95.1 cm³/mol. The van der Waals surface area contributed by atoms with E-state index in [9.17, 15) is 9.59 Å². The van der Waals surface area contributed by atoms with Gasteiger partial charge in [-0.3, -0.25) is 9.59 Å². The molecule has 1 unspecified atom stereocenters. The van der Waals surface area contributed by atoms with Gasteiger partial charge in [0, 0.05) is 11.8 Å². The van der Waals surface area contributed by atoms with E-state index in [1.807, 2.05) is 24.4 Å². The Bertz CT molecular complexity index is 936. The van der Waals surface area contributed by atoms with E-state index < -0.39 is 6.04 Å². The summed E-state index contributed by atoms with van der Waals surface area (Å²) in [6.07, 6.45) is 1.46. The molecule has 0 fully saturated rings. The number of hydrogen-bond donors (Lipinski definition) is 1. The van der Waals surface area contributed by atoms with Crippen molar-refractivity contribution in [2.45, 2.75) is 26.4 Å². The van der Waals surface area contributed by atoms with Gasteiger partial charge < -0.3 is 5.32 Å². The summed E-state index contributed by atoms with van der Waals surface area (Å²) in [7, 11) is 0. The second kappa shape index (κ2) is 7.35. The van der Waals surface area contributed by atoms with E-state index >= 15 is 0 Å². The monoisotopic (exact) mass is 355 g/mol. The molecular weight excluding hydrogens is 338 g/mol. The smallest absolute Gasteiger partial charge is 0.267 e. The Labute approximate surface area is 148 Å². The Morgan fingerprint density at radius 1 is 1.32 bits per heavy atom. The molecular formula is C17H17N5O2S. The van der Waals surface area contributed by atoms with Crippen molar-refractivity contribution in [1.29, 1.82) is 0 Å². The molecule has 0 spiro atoms. The quantitative estimate of drug-likeness (QED) is 0.755. The molecule has 0 aliphatic heterocycles. The number of hydrogen-bond acceptors (Lipinski definition) is 6. The summed E-state index contributed by atoms with van der Waals surface area (Å²) in [5.41, 5.74) is 1.89. The van der Waals surface area contributed by atoms with Crippen molar-refractivity contribution in [3.05, 3.63) is 63.8 Å². The Hall–Kier alpha value is -2.87. The van der Waals surface area contributed by atoms with Crippen LogP contribution in [0.2, 0.25) is 0 Å². The van der Waals surface area contributed by atoms with E-state index in [1.165, 1.54) is 28.4 Å². The molecule has 0 saturated heterocycles. The molecule has 25 heavy (non-hydrogen) atoms. The number of carbonyl (C=O) groups excluding carboxylic acids is 1. The molecule has 0 aliphatic rings. The van der Waals surface area contributed by atoms with Crippen LogP contribution in [-0.2, 0) is 11.3 Å². The number of nitrogens with zero attached hydrogens (tertiary/aromatic N) is 4. The number of thiophene rings is 1. The lowest BCUT2D eigenvalue weighted by molar-refractivity contribution is -0.124. The van der Waals surface area contributed by atoms with Crippen LogP contribution in [0.5, 0.6) is 0 Å². The molecule has 0 aromatic carbocycles. The van der Waals surface area contributed by atoms with Crippen molar-refractivity contribution in [2.75, 3.05) is 0 Å². The van der Waals surface area contributed by atoms with E-state index in [0.29, 0.717) is 11.4 Å². The van der Waals surface area contributed by atoms with Gasteiger partial charge in [0.2, 0.25) is 5.91 Å². The Kier molecular flexibility index (Phi) is 4.99. The van der Waals surface area contributed by atoms with Gasteiger partial charge in [-0.25, -0.2) is 14.6 Å². The third kappa shape index (κ3) is 3.97. The molecule has 0 bridgehead atoms. The first-order valence-electron chi connectivity index (χ1n) is 7.73. The molecule has 128 valence electrons. The Morgan fingerprint density at radius 2 is 2.16 bits per heavy atom. The van der Waals surface area contributed by atoms with Gasteiger partial charge in [-0.15, -0.1) is 11.3 Å². The van der Waals surface area contributed by atoms with Crippen LogP contribution >= 0.6 is 11.3 Å². The van der Waals surface area contributed by atoms with Crippen LogP contribution in [0.25, 0.3) is 10.6 Å². The third-order valence-corrected chi connectivity index (χ3v) is 4.54. The molecule has 3 aromatic rings. The molecule has 8 heteroatoms. The van der Waals surface area contributed by atoms with E-state index in [0.717, 1.165) is 10.6 Å². The zero-order chi connectivity index (χ0) is 17.8. The molecule has 0 saturated carbocycles. The van der Waals surface area contributed by atoms with Crippen molar-refractivity contribution in [1.82, 2.24) is 25.1 Å². The lowest BCUT2D eigenvalue weighted by Gasteiger charge is -2.14. The molecule has 1 atom stereocenters. The zero-order valence-electron chi connectivity index (χ0n) is 13.8.